The van der Waals surface area contributed by atoms with Gasteiger partial charge < -0.3 is 25.2 Å². The lowest BCUT2D eigenvalue weighted by Crippen LogP contribution is -2.37. The van der Waals surface area contributed by atoms with E-state index in [4.69, 9.17) is 14.6 Å². The molecule has 2 rings (SSSR count). The van der Waals surface area contributed by atoms with Gasteiger partial charge in [0.15, 0.2) is 0 Å². The van der Waals surface area contributed by atoms with Crippen LogP contribution in [0.4, 0.5) is 10.1 Å². The summed E-state index contributed by atoms with van der Waals surface area (Å²) in [6.07, 6.45) is 1.28. The SMILES string of the molecule is COc1cc(-c2ccc(NC(C)C)cc2F)c(OC)cc1C(C)=CC(=O)N[C@H](C)C(=O)O. The van der Waals surface area contributed by atoms with Crippen molar-refractivity contribution in [3.05, 3.63) is 47.8 Å². The molecule has 0 unspecified atom stereocenters. The fourth-order valence-electron chi connectivity index (χ4n) is 3.16. The summed E-state index contributed by atoms with van der Waals surface area (Å²) in [5.74, 6) is -1.29. The van der Waals surface area contributed by atoms with E-state index < -0.39 is 23.7 Å². The molecule has 0 saturated heterocycles. The summed E-state index contributed by atoms with van der Waals surface area (Å²) >= 11 is 0. The van der Waals surface area contributed by atoms with Crippen LogP contribution >= 0.6 is 0 Å². The molecular formula is C24H29FN2O5. The lowest BCUT2D eigenvalue weighted by atomic mass is 9.97. The van der Waals surface area contributed by atoms with Crippen molar-refractivity contribution in [2.24, 2.45) is 0 Å². The fourth-order valence-corrected chi connectivity index (χ4v) is 3.16. The second-order valence-electron chi connectivity index (χ2n) is 7.64. The van der Waals surface area contributed by atoms with E-state index in [1.165, 1.54) is 33.3 Å². The van der Waals surface area contributed by atoms with Crippen LogP contribution in [-0.2, 0) is 9.59 Å². The molecule has 32 heavy (non-hydrogen) atoms. The zero-order chi connectivity index (χ0) is 24.0. The summed E-state index contributed by atoms with van der Waals surface area (Å²) in [4.78, 5) is 23.1. The summed E-state index contributed by atoms with van der Waals surface area (Å²) in [7, 11) is 2.95. The van der Waals surface area contributed by atoms with Crippen molar-refractivity contribution >= 4 is 23.1 Å². The number of amides is 1. The van der Waals surface area contributed by atoms with Crippen LogP contribution in [-0.4, -0.2) is 43.3 Å². The topological polar surface area (TPSA) is 96.9 Å². The van der Waals surface area contributed by atoms with Crippen molar-refractivity contribution in [1.29, 1.82) is 0 Å². The van der Waals surface area contributed by atoms with Crippen LogP contribution in [0.2, 0.25) is 0 Å². The number of allylic oxidation sites excluding steroid dienone is 1. The van der Waals surface area contributed by atoms with E-state index in [1.807, 2.05) is 13.8 Å². The van der Waals surface area contributed by atoms with E-state index in [-0.39, 0.29) is 6.04 Å². The summed E-state index contributed by atoms with van der Waals surface area (Å²) in [5.41, 5.74) is 2.60. The summed E-state index contributed by atoms with van der Waals surface area (Å²) in [6, 6.07) is 7.33. The molecule has 0 aliphatic rings. The third kappa shape index (κ3) is 6.00. The number of carbonyl (C=O) groups is 2. The van der Waals surface area contributed by atoms with Gasteiger partial charge >= 0.3 is 5.97 Å². The number of nitrogens with one attached hydrogen (secondary N) is 2. The first-order valence-electron chi connectivity index (χ1n) is 10.1. The zero-order valence-corrected chi connectivity index (χ0v) is 19.1. The average molecular weight is 445 g/mol. The third-order valence-corrected chi connectivity index (χ3v) is 4.74. The van der Waals surface area contributed by atoms with Crippen molar-refractivity contribution in [2.45, 2.75) is 39.8 Å². The Morgan fingerprint density at radius 3 is 2.22 bits per heavy atom. The fraction of sp³-hybridized carbons (Fsp3) is 0.333. The molecule has 0 aromatic heterocycles. The second-order valence-corrected chi connectivity index (χ2v) is 7.64. The molecule has 8 heteroatoms. The van der Waals surface area contributed by atoms with Gasteiger partial charge in [-0.25, -0.2) is 4.39 Å². The molecule has 0 fully saturated rings. The molecule has 172 valence electrons. The van der Waals surface area contributed by atoms with Gasteiger partial charge in [-0.15, -0.1) is 0 Å². The van der Waals surface area contributed by atoms with Gasteiger partial charge in [-0.05, 0) is 63.6 Å². The molecule has 3 N–H and O–H groups in total. The summed E-state index contributed by atoms with van der Waals surface area (Å²) < 4.78 is 25.9. The minimum Gasteiger partial charge on any atom is -0.496 e. The molecule has 0 aliphatic carbocycles. The lowest BCUT2D eigenvalue weighted by Gasteiger charge is -2.17. The van der Waals surface area contributed by atoms with Gasteiger partial charge in [0.25, 0.3) is 0 Å². The maximum absolute atomic E-state index is 14.9. The number of hydrogen-bond acceptors (Lipinski definition) is 5. The van der Waals surface area contributed by atoms with E-state index in [9.17, 15) is 14.0 Å². The molecule has 0 bridgehead atoms. The van der Waals surface area contributed by atoms with Gasteiger partial charge in [0.05, 0.1) is 14.2 Å². The highest BCUT2D eigenvalue weighted by Gasteiger charge is 2.18. The predicted octanol–water partition coefficient (Wildman–Crippen LogP) is 4.32. The van der Waals surface area contributed by atoms with Crippen LogP contribution in [0.25, 0.3) is 16.7 Å². The Hall–Kier alpha value is -3.55. The van der Waals surface area contributed by atoms with Gasteiger partial charge in [-0.2, -0.15) is 0 Å². The minimum atomic E-state index is -1.13. The minimum absolute atomic E-state index is 0.166. The normalized spacial score (nSPS) is 12.3. The van der Waals surface area contributed by atoms with Crippen LogP contribution in [0.5, 0.6) is 11.5 Å². The number of halogens is 1. The number of methoxy groups -OCH3 is 2. The Kier molecular flexibility index (Phi) is 8.23. The third-order valence-electron chi connectivity index (χ3n) is 4.74. The van der Waals surface area contributed by atoms with Crippen molar-refractivity contribution in [3.63, 3.8) is 0 Å². The van der Waals surface area contributed by atoms with E-state index in [1.54, 1.807) is 31.2 Å². The van der Waals surface area contributed by atoms with Crippen LogP contribution in [0.1, 0.15) is 33.3 Å². The zero-order valence-electron chi connectivity index (χ0n) is 19.1. The number of anilines is 1. The van der Waals surface area contributed by atoms with Crippen LogP contribution in [0, 0.1) is 5.82 Å². The maximum Gasteiger partial charge on any atom is 0.325 e. The monoisotopic (exact) mass is 444 g/mol. The number of benzene rings is 2. The lowest BCUT2D eigenvalue weighted by molar-refractivity contribution is -0.140. The average Bonchev–Trinajstić information content (AvgIpc) is 2.72. The maximum atomic E-state index is 14.9. The summed E-state index contributed by atoms with van der Waals surface area (Å²) in [6.45, 7) is 7.00. The molecule has 1 amide bonds. The highest BCUT2D eigenvalue weighted by Crippen LogP contribution is 2.40. The quantitative estimate of drug-likeness (QED) is 0.499. The molecule has 0 heterocycles. The number of ether oxygens (including phenoxy) is 2. The highest BCUT2D eigenvalue weighted by molar-refractivity contribution is 5.97. The van der Waals surface area contributed by atoms with Gasteiger partial charge in [-0.3, -0.25) is 9.59 Å². The van der Waals surface area contributed by atoms with Crippen LogP contribution < -0.4 is 20.1 Å². The number of carboxylic acid groups (broad SMARTS) is 1. The molecular weight excluding hydrogens is 415 g/mol. The number of carboxylic acids is 1. The Morgan fingerprint density at radius 2 is 1.69 bits per heavy atom. The Bertz CT molecular complexity index is 1030. The van der Waals surface area contributed by atoms with Crippen molar-refractivity contribution < 1.29 is 28.6 Å². The largest absolute Gasteiger partial charge is 0.496 e. The first kappa shape index (κ1) is 24.7. The first-order valence-corrected chi connectivity index (χ1v) is 10.1. The molecule has 7 nitrogen and oxygen atoms in total. The number of aliphatic carboxylic acids is 1. The number of rotatable bonds is 9. The highest BCUT2D eigenvalue weighted by atomic mass is 19.1. The number of carbonyl (C=O) groups excluding carboxylic acids is 1. The molecule has 0 saturated carbocycles. The molecule has 0 radical (unpaired) electrons. The summed E-state index contributed by atoms with van der Waals surface area (Å²) in [5, 5.41) is 14.5. The predicted molar refractivity (Wildman–Crippen MR) is 123 cm³/mol. The molecule has 2 aromatic carbocycles. The Morgan fingerprint density at radius 1 is 1.03 bits per heavy atom. The van der Waals surface area contributed by atoms with E-state index in [2.05, 4.69) is 10.6 Å². The van der Waals surface area contributed by atoms with Gasteiger partial charge in [0.2, 0.25) is 5.91 Å². The van der Waals surface area contributed by atoms with E-state index in [0.717, 1.165) is 0 Å². The van der Waals surface area contributed by atoms with Gasteiger partial charge in [-0.1, -0.05) is 0 Å². The molecule has 1 atom stereocenters. The molecule has 2 aromatic rings. The van der Waals surface area contributed by atoms with E-state index in [0.29, 0.717) is 39.4 Å². The van der Waals surface area contributed by atoms with Crippen molar-refractivity contribution in [1.82, 2.24) is 5.32 Å². The smallest absolute Gasteiger partial charge is 0.325 e. The van der Waals surface area contributed by atoms with Crippen molar-refractivity contribution in [3.8, 4) is 22.6 Å². The molecule has 0 aliphatic heterocycles. The van der Waals surface area contributed by atoms with Gasteiger partial charge in [0.1, 0.15) is 23.4 Å². The Labute approximate surface area is 187 Å². The van der Waals surface area contributed by atoms with Crippen LogP contribution in [0.15, 0.2) is 36.4 Å². The van der Waals surface area contributed by atoms with Crippen LogP contribution in [0.3, 0.4) is 0 Å². The van der Waals surface area contributed by atoms with E-state index >= 15 is 0 Å². The van der Waals surface area contributed by atoms with Gasteiger partial charge in [0, 0.05) is 34.5 Å². The number of hydrogen-bond donors (Lipinski definition) is 3. The first-order chi connectivity index (χ1) is 15.1. The Balaban J connectivity index is 2.47. The molecule has 0 spiro atoms. The second kappa shape index (κ2) is 10.7. The standard InChI is InChI=1S/C24H29FN2O5/c1-13(2)26-16-7-8-17(20(25)10-16)19-12-21(31-5)18(11-22(19)32-6)14(3)9-23(28)27-15(4)24(29)30/h7-13,15,26H,1-6H3,(H,27,28)(H,29,30)/t15-/m1/s1. The van der Waals surface area contributed by atoms with Crippen molar-refractivity contribution in [2.75, 3.05) is 19.5 Å².